The molecule has 0 spiro atoms. The predicted octanol–water partition coefficient (Wildman–Crippen LogP) is 3.47. The first-order valence-corrected chi connectivity index (χ1v) is 10.2. The van der Waals surface area contributed by atoms with Gasteiger partial charge in [0.2, 0.25) is 5.91 Å². The maximum atomic E-state index is 11.3. The minimum Gasteiger partial charge on any atom is -0.354 e. The summed E-state index contributed by atoms with van der Waals surface area (Å²) in [6, 6.07) is 15.0. The van der Waals surface area contributed by atoms with E-state index in [0.717, 1.165) is 49.2 Å². The number of hydrogen-bond donors (Lipinski definition) is 2. The van der Waals surface area contributed by atoms with E-state index >= 15 is 0 Å². The Balaban J connectivity index is 1.48. The molecule has 0 atom stereocenters. The van der Waals surface area contributed by atoms with Crippen molar-refractivity contribution in [1.29, 1.82) is 0 Å². The van der Waals surface area contributed by atoms with Crippen LogP contribution in [0.4, 0.5) is 0 Å². The molecular formula is C23H27N5O. The van der Waals surface area contributed by atoms with Gasteiger partial charge in [-0.05, 0) is 49.9 Å². The van der Waals surface area contributed by atoms with Gasteiger partial charge in [0.15, 0.2) is 0 Å². The molecule has 1 aliphatic carbocycles. The number of pyridine rings is 1. The van der Waals surface area contributed by atoms with Crippen LogP contribution in [0.3, 0.4) is 0 Å². The summed E-state index contributed by atoms with van der Waals surface area (Å²) in [5, 5.41) is 11.6. The summed E-state index contributed by atoms with van der Waals surface area (Å²) in [5.74, 6) is 0.0664. The van der Waals surface area contributed by atoms with Crippen LogP contribution in [-0.4, -0.2) is 32.8 Å². The molecule has 29 heavy (non-hydrogen) atoms. The molecule has 1 saturated carbocycles. The molecule has 0 aliphatic heterocycles. The number of amides is 1. The Morgan fingerprint density at radius 3 is 2.41 bits per heavy atom. The molecule has 4 rings (SSSR count). The number of nitrogens with one attached hydrogen (secondary N) is 2. The molecule has 2 N–H and O–H groups in total. The third-order valence-corrected chi connectivity index (χ3v) is 5.48. The lowest BCUT2D eigenvalue weighted by Crippen LogP contribution is -2.41. The summed E-state index contributed by atoms with van der Waals surface area (Å²) in [6.45, 7) is 2.36. The van der Waals surface area contributed by atoms with Crippen LogP contribution in [-0.2, 0) is 11.3 Å². The van der Waals surface area contributed by atoms with Crippen LogP contribution >= 0.6 is 0 Å². The molecule has 2 heterocycles. The summed E-state index contributed by atoms with van der Waals surface area (Å²) in [5.41, 5.74) is 4.27. The van der Waals surface area contributed by atoms with Gasteiger partial charge >= 0.3 is 0 Å². The van der Waals surface area contributed by atoms with Gasteiger partial charge in [-0.1, -0.05) is 18.2 Å². The lowest BCUT2D eigenvalue weighted by molar-refractivity contribution is -0.119. The number of carbonyl (C=O) groups excluding carboxylic acids is 1. The van der Waals surface area contributed by atoms with E-state index < -0.39 is 0 Å². The van der Waals surface area contributed by atoms with Crippen molar-refractivity contribution in [1.82, 2.24) is 25.4 Å². The minimum atomic E-state index is 0.0664. The van der Waals surface area contributed by atoms with E-state index in [0.29, 0.717) is 12.1 Å². The molecule has 1 fully saturated rings. The number of aromatic nitrogens is 3. The Kier molecular flexibility index (Phi) is 6.00. The summed E-state index contributed by atoms with van der Waals surface area (Å²) in [4.78, 5) is 15.4. The molecule has 2 aromatic heterocycles. The summed E-state index contributed by atoms with van der Waals surface area (Å²) in [7, 11) is 0. The molecule has 150 valence electrons. The van der Waals surface area contributed by atoms with E-state index in [4.69, 9.17) is 5.10 Å². The molecule has 1 amide bonds. The highest BCUT2D eigenvalue weighted by Crippen LogP contribution is 2.24. The molecule has 0 bridgehead atoms. The van der Waals surface area contributed by atoms with Gasteiger partial charge in [-0.25, -0.2) is 4.68 Å². The average molecular weight is 390 g/mol. The summed E-state index contributed by atoms with van der Waals surface area (Å²) < 4.78 is 1.94. The fourth-order valence-corrected chi connectivity index (χ4v) is 3.99. The van der Waals surface area contributed by atoms with Gasteiger partial charge in [0.25, 0.3) is 0 Å². The first-order valence-electron chi connectivity index (χ1n) is 10.2. The molecule has 1 aliphatic rings. The molecule has 0 radical (unpaired) electrons. The van der Waals surface area contributed by atoms with Gasteiger partial charge in [0.05, 0.1) is 11.4 Å². The molecular weight excluding hydrogens is 362 g/mol. The maximum Gasteiger partial charge on any atom is 0.217 e. The van der Waals surface area contributed by atoms with Crippen molar-refractivity contribution in [2.24, 2.45) is 0 Å². The van der Waals surface area contributed by atoms with Gasteiger partial charge in [-0.15, -0.1) is 0 Å². The summed E-state index contributed by atoms with van der Waals surface area (Å²) in [6.07, 6.45) is 9.91. The molecule has 6 heteroatoms. The van der Waals surface area contributed by atoms with E-state index in [1.54, 1.807) is 19.3 Å². The van der Waals surface area contributed by atoms with Gasteiger partial charge in [0, 0.05) is 55.3 Å². The standard InChI is InChI=1S/C23H27N5O/c1-17(29)26-21-9-7-20(8-10-21)25-15-19-16-28(22-5-3-2-4-6-22)27-23(19)18-11-13-24-14-12-18/h2-6,11-14,16,20-21,25H,7-10,15H2,1H3,(H,26,29). The Morgan fingerprint density at radius 1 is 1.03 bits per heavy atom. The quantitative estimate of drug-likeness (QED) is 0.677. The van der Waals surface area contributed by atoms with E-state index in [1.807, 2.05) is 35.0 Å². The van der Waals surface area contributed by atoms with Gasteiger partial charge in [-0.2, -0.15) is 5.10 Å². The number of benzene rings is 1. The maximum absolute atomic E-state index is 11.3. The smallest absolute Gasteiger partial charge is 0.217 e. The van der Waals surface area contributed by atoms with Crippen molar-refractivity contribution in [2.75, 3.05) is 0 Å². The molecule has 0 saturated heterocycles. The molecule has 0 unspecified atom stereocenters. The van der Waals surface area contributed by atoms with Crippen LogP contribution in [0, 0.1) is 0 Å². The van der Waals surface area contributed by atoms with Gasteiger partial charge < -0.3 is 10.6 Å². The van der Waals surface area contributed by atoms with Gasteiger partial charge in [0.1, 0.15) is 0 Å². The second-order valence-corrected chi connectivity index (χ2v) is 7.65. The first-order chi connectivity index (χ1) is 14.2. The second kappa shape index (κ2) is 9.01. The van der Waals surface area contributed by atoms with Crippen LogP contribution in [0.1, 0.15) is 38.2 Å². The number of rotatable bonds is 6. The second-order valence-electron chi connectivity index (χ2n) is 7.65. The zero-order chi connectivity index (χ0) is 20.1. The lowest BCUT2D eigenvalue weighted by Gasteiger charge is -2.29. The zero-order valence-corrected chi connectivity index (χ0v) is 16.7. The Hall–Kier alpha value is -2.99. The number of nitrogens with zero attached hydrogens (tertiary/aromatic N) is 3. The van der Waals surface area contributed by atoms with E-state index in [1.165, 1.54) is 5.56 Å². The Bertz CT molecular complexity index is 930. The molecule has 6 nitrogen and oxygen atoms in total. The highest BCUT2D eigenvalue weighted by molar-refractivity contribution is 5.73. The highest BCUT2D eigenvalue weighted by Gasteiger charge is 2.22. The normalized spacial score (nSPS) is 19.1. The number of para-hydroxylation sites is 1. The molecule has 3 aromatic rings. The predicted molar refractivity (Wildman–Crippen MR) is 113 cm³/mol. The van der Waals surface area contributed by atoms with Gasteiger partial charge in [-0.3, -0.25) is 9.78 Å². The monoisotopic (exact) mass is 389 g/mol. The van der Waals surface area contributed by atoms with Crippen molar-refractivity contribution in [3.8, 4) is 16.9 Å². The number of hydrogen-bond acceptors (Lipinski definition) is 4. The van der Waals surface area contributed by atoms with Crippen molar-refractivity contribution in [2.45, 2.75) is 51.2 Å². The largest absolute Gasteiger partial charge is 0.354 e. The van der Waals surface area contributed by atoms with E-state index in [-0.39, 0.29) is 5.91 Å². The van der Waals surface area contributed by atoms with Crippen molar-refractivity contribution in [3.05, 3.63) is 66.6 Å². The zero-order valence-electron chi connectivity index (χ0n) is 16.7. The Labute approximate surface area is 171 Å². The van der Waals surface area contributed by atoms with Crippen LogP contribution in [0.2, 0.25) is 0 Å². The van der Waals surface area contributed by atoms with Crippen LogP contribution in [0.15, 0.2) is 61.1 Å². The topological polar surface area (TPSA) is 71.8 Å². The van der Waals surface area contributed by atoms with Crippen LogP contribution in [0.5, 0.6) is 0 Å². The van der Waals surface area contributed by atoms with Crippen LogP contribution < -0.4 is 10.6 Å². The fourth-order valence-electron chi connectivity index (χ4n) is 3.99. The average Bonchev–Trinajstić information content (AvgIpc) is 3.18. The van der Waals surface area contributed by atoms with Crippen molar-refractivity contribution in [3.63, 3.8) is 0 Å². The SMILES string of the molecule is CC(=O)NC1CCC(NCc2cn(-c3ccccc3)nc2-c2ccncc2)CC1. The number of carbonyl (C=O) groups is 1. The third kappa shape index (κ3) is 4.90. The van der Waals surface area contributed by atoms with Crippen molar-refractivity contribution < 1.29 is 4.79 Å². The molecule has 1 aromatic carbocycles. The minimum absolute atomic E-state index is 0.0664. The fraction of sp³-hybridized carbons (Fsp3) is 0.348. The van der Waals surface area contributed by atoms with Crippen LogP contribution in [0.25, 0.3) is 16.9 Å². The highest BCUT2D eigenvalue weighted by atomic mass is 16.1. The summed E-state index contributed by atoms with van der Waals surface area (Å²) >= 11 is 0. The lowest BCUT2D eigenvalue weighted by atomic mass is 9.91. The van der Waals surface area contributed by atoms with E-state index in [2.05, 4.69) is 33.9 Å². The Morgan fingerprint density at radius 2 is 1.72 bits per heavy atom. The van der Waals surface area contributed by atoms with E-state index in [9.17, 15) is 4.79 Å². The third-order valence-electron chi connectivity index (χ3n) is 5.48. The first kappa shape index (κ1) is 19.3. The van der Waals surface area contributed by atoms with Crippen molar-refractivity contribution >= 4 is 5.91 Å².